The van der Waals surface area contributed by atoms with Crippen molar-refractivity contribution in [1.29, 1.82) is 0 Å². The number of nitrogens with zero attached hydrogens (tertiary/aromatic N) is 1. The monoisotopic (exact) mass is 287 g/mol. The molecule has 0 radical (unpaired) electrons. The summed E-state index contributed by atoms with van der Waals surface area (Å²) in [6, 6.07) is 8.64. The molecule has 3 rings (SSSR count). The number of rotatable bonds is 4. The zero-order valence-corrected chi connectivity index (χ0v) is 12.9. The van der Waals surface area contributed by atoms with Crippen molar-refractivity contribution in [2.75, 3.05) is 18.1 Å². The number of carbonyl (C=O) groups is 1. The molecule has 1 saturated carbocycles. The minimum atomic E-state index is 0.299. The number of aryl methyl sites for hydroxylation is 1. The standard InChI is InChI=1S/C18H25NO2/c1-14-4-2-7-17(12-14)19(16-8-10-21-11-9-16)18(20)13-15-5-3-6-15/h2,4,7,12,15-16H,3,5-6,8-11,13H2,1H3. The van der Waals surface area contributed by atoms with Crippen LogP contribution in [-0.4, -0.2) is 25.2 Å². The van der Waals surface area contributed by atoms with Gasteiger partial charge in [-0.25, -0.2) is 0 Å². The maximum absolute atomic E-state index is 12.8. The second kappa shape index (κ2) is 6.61. The molecule has 0 spiro atoms. The van der Waals surface area contributed by atoms with E-state index in [9.17, 15) is 4.79 Å². The van der Waals surface area contributed by atoms with Gasteiger partial charge in [0.1, 0.15) is 0 Å². The van der Waals surface area contributed by atoms with Crippen LogP contribution in [0.15, 0.2) is 24.3 Å². The van der Waals surface area contributed by atoms with Crippen molar-refractivity contribution in [3.05, 3.63) is 29.8 Å². The molecule has 0 N–H and O–H groups in total. The quantitative estimate of drug-likeness (QED) is 0.845. The molecule has 2 aliphatic rings. The Balaban J connectivity index is 1.80. The van der Waals surface area contributed by atoms with Crippen LogP contribution >= 0.6 is 0 Å². The molecule has 1 aliphatic heterocycles. The highest BCUT2D eigenvalue weighted by atomic mass is 16.5. The number of hydrogen-bond donors (Lipinski definition) is 0. The number of anilines is 1. The average molecular weight is 287 g/mol. The van der Waals surface area contributed by atoms with Gasteiger partial charge in [-0.3, -0.25) is 4.79 Å². The molecule has 0 aromatic heterocycles. The van der Waals surface area contributed by atoms with E-state index in [2.05, 4.69) is 30.0 Å². The second-order valence-electron chi connectivity index (χ2n) is 6.45. The number of hydrogen-bond acceptors (Lipinski definition) is 2. The lowest BCUT2D eigenvalue weighted by atomic mass is 9.82. The van der Waals surface area contributed by atoms with Crippen molar-refractivity contribution in [2.24, 2.45) is 5.92 Å². The average Bonchev–Trinajstić information content (AvgIpc) is 2.44. The van der Waals surface area contributed by atoms with E-state index in [1.54, 1.807) is 0 Å². The smallest absolute Gasteiger partial charge is 0.227 e. The van der Waals surface area contributed by atoms with Crippen LogP contribution in [0.2, 0.25) is 0 Å². The van der Waals surface area contributed by atoms with Gasteiger partial charge in [0.2, 0.25) is 5.91 Å². The van der Waals surface area contributed by atoms with E-state index in [4.69, 9.17) is 4.74 Å². The fraction of sp³-hybridized carbons (Fsp3) is 0.611. The van der Waals surface area contributed by atoms with E-state index in [1.165, 1.54) is 24.8 Å². The zero-order valence-electron chi connectivity index (χ0n) is 12.9. The first-order valence-corrected chi connectivity index (χ1v) is 8.20. The van der Waals surface area contributed by atoms with Crippen molar-refractivity contribution in [2.45, 2.75) is 51.5 Å². The number of amides is 1. The Kier molecular flexibility index (Phi) is 4.59. The van der Waals surface area contributed by atoms with Gasteiger partial charge in [0.25, 0.3) is 0 Å². The van der Waals surface area contributed by atoms with Crippen LogP contribution in [0.5, 0.6) is 0 Å². The van der Waals surface area contributed by atoms with Crippen molar-refractivity contribution in [3.63, 3.8) is 0 Å². The number of benzene rings is 1. The minimum Gasteiger partial charge on any atom is -0.381 e. The minimum absolute atomic E-state index is 0.299. The third kappa shape index (κ3) is 3.46. The Bertz CT molecular complexity index is 490. The molecule has 1 aliphatic carbocycles. The first-order valence-electron chi connectivity index (χ1n) is 8.20. The van der Waals surface area contributed by atoms with Crippen LogP contribution in [0, 0.1) is 12.8 Å². The fourth-order valence-corrected chi connectivity index (χ4v) is 3.32. The second-order valence-corrected chi connectivity index (χ2v) is 6.45. The topological polar surface area (TPSA) is 29.5 Å². The zero-order chi connectivity index (χ0) is 14.7. The van der Waals surface area contributed by atoms with Crippen LogP contribution in [0.1, 0.15) is 44.1 Å². The molecule has 3 nitrogen and oxygen atoms in total. The molecule has 114 valence electrons. The molecule has 1 amide bonds. The summed E-state index contributed by atoms with van der Waals surface area (Å²) in [5, 5.41) is 0. The van der Waals surface area contributed by atoms with Crippen LogP contribution in [0.3, 0.4) is 0 Å². The predicted octanol–water partition coefficient (Wildman–Crippen LogP) is 3.70. The Labute approximate surface area is 127 Å². The third-order valence-electron chi connectivity index (χ3n) is 4.79. The van der Waals surface area contributed by atoms with Gasteiger partial charge < -0.3 is 9.64 Å². The Morgan fingerprint density at radius 3 is 2.62 bits per heavy atom. The first kappa shape index (κ1) is 14.6. The van der Waals surface area contributed by atoms with E-state index >= 15 is 0 Å². The molecule has 1 aromatic rings. The lowest BCUT2D eigenvalue weighted by Crippen LogP contribution is -2.44. The van der Waals surface area contributed by atoms with Crippen molar-refractivity contribution < 1.29 is 9.53 Å². The molecule has 0 bridgehead atoms. The van der Waals surface area contributed by atoms with Crippen LogP contribution in [0.4, 0.5) is 5.69 Å². The summed E-state index contributed by atoms with van der Waals surface area (Å²) in [7, 11) is 0. The van der Waals surface area contributed by atoms with Crippen molar-refractivity contribution >= 4 is 11.6 Å². The Morgan fingerprint density at radius 2 is 2.00 bits per heavy atom. The highest BCUT2D eigenvalue weighted by Crippen LogP contribution is 2.32. The van der Waals surface area contributed by atoms with E-state index < -0.39 is 0 Å². The van der Waals surface area contributed by atoms with Gasteiger partial charge in [0, 0.05) is 31.4 Å². The molecule has 0 atom stereocenters. The number of ether oxygens (including phenoxy) is 1. The van der Waals surface area contributed by atoms with E-state index in [1.807, 2.05) is 6.07 Å². The summed E-state index contributed by atoms with van der Waals surface area (Å²) >= 11 is 0. The van der Waals surface area contributed by atoms with Gasteiger partial charge >= 0.3 is 0 Å². The molecule has 1 saturated heterocycles. The van der Waals surface area contributed by atoms with E-state index in [-0.39, 0.29) is 0 Å². The molecular weight excluding hydrogens is 262 g/mol. The molecule has 3 heteroatoms. The largest absolute Gasteiger partial charge is 0.381 e. The van der Waals surface area contributed by atoms with Gasteiger partial charge in [0.05, 0.1) is 0 Å². The van der Waals surface area contributed by atoms with Crippen LogP contribution < -0.4 is 4.90 Å². The van der Waals surface area contributed by atoms with Crippen LogP contribution in [0.25, 0.3) is 0 Å². The molecule has 21 heavy (non-hydrogen) atoms. The van der Waals surface area contributed by atoms with Crippen LogP contribution in [-0.2, 0) is 9.53 Å². The summed E-state index contributed by atoms with van der Waals surface area (Å²) in [6.45, 7) is 3.62. The molecule has 1 aromatic carbocycles. The van der Waals surface area contributed by atoms with Gasteiger partial charge in [-0.05, 0) is 56.2 Å². The van der Waals surface area contributed by atoms with Crippen molar-refractivity contribution in [1.82, 2.24) is 0 Å². The predicted molar refractivity (Wildman–Crippen MR) is 84.5 cm³/mol. The normalized spacial score (nSPS) is 20.0. The lowest BCUT2D eigenvalue weighted by Gasteiger charge is -2.36. The highest BCUT2D eigenvalue weighted by molar-refractivity contribution is 5.94. The SMILES string of the molecule is Cc1cccc(N(C(=O)CC2CCC2)C2CCOCC2)c1. The summed E-state index contributed by atoms with van der Waals surface area (Å²) in [6.07, 6.45) is 6.35. The molecular formula is C18H25NO2. The van der Waals surface area contributed by atoms with Gasteiger partial charge in [-0.15, -0.1) is 0 Å². The molecule has 0 unspecified atom stereocenters. The molecule has 1 heterocycles. The Hall–Kier alpha value is -1.35. The number of carbonyl (C=O) groups excluding carboxylic acids is 1. The van der Waals surface area contributed by atoms with Gasteiger partial charge in [-0.2, -0.15) is 0 Å². The summed E-state index contributed by atoms with van der Waals surface area (Å²) in [5.74, 6) is 0.918. The van der Waals surface area contributed by atoms with E-state index in [0.29, 0.717) is 24.3 Å². The summed E-state index contributed by atoms with van der Waals surface area (Å²) in [5.41, 5.74) is 2.27. The first-order chi connectivity index (χ1) is 10.2. The maximum Gasteiger partial charge on any atom is 0.227 e. The third-order valence-corrected chi connectivity index (χ3v) is 4.79. The lowest BCUT2D eigenvalue weighted by molar-refractivity contribution is -0.121. The highest BCUT2D eigenvalue weighted by Gasteiger charge is 2.30. The summed E-state index contributed by atoms with van der Waals surface area (Å²) < 4.78 is 5.46. The maximum atomic E-state index is 12.8. The fourth-order valence-electron chi connectivity index (χ4n) is 3.32. The summed E-state index contributed by atoms with van der Waals surface area (Å²) in [4.78, 5) is 14.9. The van der Waals surface area contributed by atoms with Gasteiger partial charge in [0.15, 0.2) is 0 Å². The molecule has 2 fully saturated rings. The Morgan fingerprint density at radius 1 is 1.24 bits per heavy atom. The van der Waals surface area contributed by atoms with Crippen molar-refractivity contribution in [3.8, 4) is 0 Å². The van der Waals surface area contributed by atoms with Gasteiger partial charge in [-0.1, -0.05) is 18.6 Å². The van der Waals surface area contributed by atoms with E-state index in [0.717, 1.165) is 31.7 Å².